The predicted octanol–water partition coefficient (Wildman–Crippen LogP) is 5.33. The molecule has 0 bridgehead atoms. The second-order valence-corrected chi connectivity index (χ2v) is 8.22. The fourth-order valence-corrected chi connectivity index (χ4v) is 4.15. The molecule has 1 aliphatic rings. The van der Waals surface area contributed by atoms with Gasteiger partial charge in [0, 0.05) is 11.8 Å². The maximum Gasteiger partial charge on any atom is 0.282 e. The number of carbonyl (C=O) groups is 2. The van der Waals surface area contributed by atoms with E-state index in [1.165, 1.54) is 4.90 Å². The highest BCUT2D eigenvalue weighted by atomic mass is 16.5. The van der Waals surface area contributed by atoms with Gasteiger partial charge in [-0.25, -0.2) is 4.90 Å². The topological polar surface area (TPSA) is 58.6 Å². The Bertz CT molecular complexity index is 1250. The van der Waals surface area contributed by atoms with Crippen molar-refractivity contribution in [2.75, 3.05) is 17.3 Å². The number of carbonyl (C=O) groups excluding carboxylic acids is 2. The predicted molar refractivity (Wildman–Crippen MR) is 128 cm³/mol. The number of amides is 2. The summed E-state index contributed by atoms with van der Waals surface area (Å²) in [5.74, 6) is -0.0539. The second-order valence-electron chi connectivity index (χ2n) is 8.22. The molecule has 1 N–H and O–H groups in total. The minimum Gasteiger partial charge on any atom is -0.497 e. The molecule has 1 aliphatic heterocycles. The molecule has 0 aromatic heterocycles. The van der Waals surface area contributed by atoms with Gasteiger partial charge in [0.25, 0.3) is 11.8 Å². The lowest BCUT2D eigenvalue weighted by Gasteiger charge is -2.17. The van der Waals surface area contributed by atoms with Gasteiger partial charge >= 0.3 is 0 Å². The van der Waals surface area contributed by atoms with Gasteiger partial charge in [-0.15, -0.1) is 0 Å². The molecule has 0 saturated carbocycles. The van der Waals surface area contributed by atoms with E-state index in [1.807, 2.05) is 82.3 Å². The van der Waals surface area contributed by atoms with E-state index < -0.39 is 0 Å². The standard InChI is InChI=1S/C27H26N2O3/c1-16-9-10-23(19(4)12-16)24-25(28-20-7-6-8-22(15-20)32-5)27(31)29(26(24)30)21-13-17(2)11-18(3)14-21/h6-15,28H,1-5H3. The first-order valence-corrected chi connectivity index (χ1v) is 10.5. The zero-order valence-corrected chi connectivity index (χ0v) is 18.9. The highest BCUT2D eigenvalue weighted by Crippen LogP contribution is 2.36. The molecule has 1 heterocycles. The number of rotatable bonds is 5. The molecule has 2 amide bonds. The van der Waals surface area contributed by atoms with Crippen molar-refractivity contribution in [1.82, 2.24) is 0 Å². The number of anilines is 2. The fourth-order valence-electron chi connectivity index (χ4n) is 4.15. The van der Waals surface area contributed by atoms with Crippen LogP contribution in [-0.2, 0) is 9.59 Å². The molecular weight excluding hydrogens is 400 g/mol. The average molecular weight is 427 g/mol. The Morgan fingerprint density at radius 1 is 0.781 bits per heavy atom. The minimum absolute atomic E-state index is 0.259. The first kappa shape index (κ1) is 21.4. The van der Waals surface area contributed by atoms with Crippen LogP contribution in [0.4, 0.5) is 11.4 Å². The van der Waals surface area contributed by atoms with Crippen LogP contribution in [0, 0.1) is 27.7 Å². The van der Waals surface area contributed by atoms with E-state index in [1.54, 1.807) is 13.2 Å². The van der Waals surface area contributed by atoms with Gasteiger partial charge in [0.15, 0.2) is 0 Å². The number of aryl methyl sites for hydroxylation is 4. The van der Waals surface area contributed by atoms with E-state index in [4.69, 9.17) is 4.74 Å². The van der Waals surface area contributed by atoms with Crippen molar-refractivity contribution in [3.63, 3.8) is 0 Å². The molecule has 0 saturated heterocycles. The number of ether oxygens (including phenoxy) is 1. The number of nitrogens with one attached hydrogen (secondary N) is 1. The van der Waals surface area contributed by atoms with Crippen LogP contribution in [0.5, 0.6) is 5.75 Å². The van der Waals surface area contributed by atoms with Gasteiger partial charge in [-0.05, 0) is 74.2 Å². The van der Waals surface area contributed by atoms with E-state index in [0.29, 0.717) is 22.7 Å². The quantitative estimate of drug-likeness (QED) is 0.561. The van der Waals surface area contributed by atoms with Crippen LogP contribution in [0.15, 0.2) is 66.4 Å². The van der Waals surface area contributed by atoms with Crippen molar-refractivity contribution < 1.29 is 14.3 Å². The van der Waals surface area contributed by atoms with Crippen LogP contribution in [0.3, 0.4) is 0 Å². The largest absolute Gasteiger partial charge is 0.497 e. The van der Waals surface area contributed by atoms with E-state index in [-0.39, 0.29) is 17.5 Å². The Hall–Kier alpha value is -3.86. The molecule has 4 rings (SSSR count). The van der Waals surface area contributed by atoms with Gasteiger partial charge in [0.05, 0.1) is 18.4 Å². The van der Waals surface area contributed by atoms with Gasteiger partial charge in [-0.2, -0.15) is 0 Å². The lowest BCUT2D eigenvalue weighted by molar-refractivity contribution is -0.120. The van der Waals surface area contributed by atoms with E-state index in [0.717, 1.165) is 27.8 Å². The third-order valence-corrected chi connectivity index (χ3v) is 5.54. The molecule has 0 atom stereocenters. The number of nitrogens with zero attached hydrogens (tertiary/aromatic N) is 1. The Morgan fingerprint density at radius 3 is 2.16 bits per heavy atom. The lowest BCUT2D eigenvalue weighted by atomic mass is 9.97. The first-order chi connectivity index (χ1) is 15.3. The summed E-state index contributed by atoms with van der Waals surface area (Å²) < 4.78 is 5.31. The van der Waals surface area contributed by atoms with Crippen molar-refractivity contribution in [1.29, 1.82) is 0 Å². The molecule has 162 valence electrons. The fraction of sp³-hybridized carbons (Fsp3) is 0.185. The molecule has 5 nitrogen and oxygen atoms in total. The number of methoxy groups -OCH3 is 1. The monoisotopic (exact) mass is 426 g/mol. The van der Waals surface area contributed by atoms with Crippen LogP contribution in [0.1, 0.15) is 27.8 Å². The maximum absolute atomic E-state index is 13.7. The maximum atomic E-state index is 13.7. The van der Waals surface area contributed by atoms with Crippen LogP contribution in [0.25, 0.3) is 5.57 Å². The van der Waals surface area contributed by atoms with Crippen LogP contribution in [0.2, 0.25) is 0 Å². The number of hydrogen-bond donors (Lipinski definition) is 1. The third-order valence-electron chi connectivity index (χ3n) is 5.54. The second kappa shape index (κ2) is 8.35. The molecule has 0 radical (unpaired) electrons. The molecule has 32 heavy (non-hydrogen) atoms. The highest BCUT2D eigenvalue weighted by Gasteiger charge is 2.40. The Morgan fingerprint density at radius 2 is 1.50 bits per heavy atom. The summed E-state index contributed by atoms with van der Waals surface area (Å²) in [4.78, 5) is 28.6. The Kier molecular flexibility index (Phi) is 5.57. The average Bonchev–Trinajstić information content (AvgIpc) is 2.97. The zero-order valence-electron chi connectivity index (χ0n) is 18.9. The Balaban J connectivity index is 1.87. The van der Waals surface area contributed by atoms with E-state index in [2.05, 4.69) is 5.32 Å². The van der Waals surface area contributed by atoms with Crippen LogP contribution < -0.4 is 15.0 Å². The summed E-state index contributed by atoms with van der Waals surface area (Å²) >= 11 is 0. The zero-order chi connectivity index (χ0) is 23.0. The van der Waals surface area contributed by atoms with Gasteiger partial charge in [0.1, 0.15) is 11.4 Å². The normalized spacial score (nSPS) is 13.7. The van der Waals surface area contributed by atoms with Gasteiger partial charge < -0.3 is 10.1 Å². The van der Waals surface area contributed by atoms with Crippen molar-refractivity contribution in [2.45, 2.75) is 27.7 Å². The molecule has 3 aromatic rings. The van der Waals surface area contributed by atoms with Crippen molar-refractivity contribution >= 4 is 28.8 Å². The van der Waals surface area contributed by atoms with Crippen LogP contribution in [-0.4, -0.2) is 18.9 Å². The first-order valence-electron chi connectivity index (χ1n) is 10.5. The molecule has 0 unspecified atom stereocenters. The molecule has 3 aromatic carbocycles. The summed E-state index contributed by atoms with van der Waals surface area (Å²) in [6, 6.07) is 18.9. The lowest BCUT2D eigenvalue weighted by Crippen LogP contribution is -2.32. The summed E-state index contributed by atoms with van der Waals surface area (Å²) in [5.41, 5.74) is 6.62. The van der Waals surface area contributed by atoms with Gasteiger partial charge in [-0.3, -0.25) is 9.59 Å². The molecular formula is C27H26N2O3. The van der Waals surface area contributed by atoms with E-state index in [9.17, 15) is 9.59 Å². The van der Waals surface area contributed by atoms with E-state index >= 15 is 0 Å². The van der Waals surface area contributed by atoms with Crippen molar-refractivity contribution in [3.8, 4) is 5.75 Å². The minimum atomic E-state index is -0.377. The molecule has 0 aliphatic carbocycles. The summed E-state index contributed by atoms with van der Waals surface area (Å²) in [5, 5.41) is 3.20. The summed E-state index contributed by atoms with van der Waals surface area (Å²) in [7, 11) is 1.59. The summed E-state index contributed by atoms with van der Waals surface area (Å²) in [6.45, 7) is 7.87. The molecule has 0 fully saturated rings. The van der Waals surface area contributed by atoms with Crippen molar-refractivity contribution in [2.24, 2.45) is 0 Å². The SMILES string of the molecule is COc1cccc(NC2=C(c3ccc(C)cc3C)C(=O)N(c3cc(C)cc(C)c3)C2=O)c1. The van der Waals surface area contributed by atoms with Gasteiger partial charge in [0.2, 0.25) is 0 Å². The van der Waals surface area contributed by atoms with Crippen LogP contribution >= 0.6 is 0 Å². The molecule has 5 heteroatoms. The third kappa shape index (κ3) is 3.89. The van der Waals surface area contributed by atoms with Crippen molar-refractivity contribution in [3.05, 3.63) is 94.2 Å². The number of hydrogen-bond acceptors (Lipinski definition) is 4. The highest BCUT2D eigenvalue weighted by molar-refractivity contribution is 6.46. The number of benzene rings is 3. The molecule has 0 spiro atoms. The Labute approximate surface area is 188 Å². The number of imide groups is 1. The smallest absolute Gasteiger partial charge is 0.282 e. The van der Waals surface area contributed by atoms with Gasteiger partial charge in [-0.1, -0.05) is 35.9 Å². The summed E-state index contributed by atoms with van der Waals surface area (Å²) in [6.07, 6.45) is 0.